The third-order valence-electron chi connectivity index (χ3n) is 6.42. The first-order valence-corrected chi connectivity index (χ1v) is 17.0. The first kappa shape index (κ1) is 45.4. The molecule has 0 radical (unpaired) electrons. The van der Waals surface area contributed by atoms with Crippen LogP contribution in [0.2, 0.25) is 0 Å². The van der Waals surface area contributed by atoms with Gasteiger partial charge in [-0.3, -0.25) is 10.1 Å². The van der Waals surface area contributed by atoms with Crippen molar-refractivity contribution in [3.8, 4) is 5.75 Å². The number of fused-ring (bicyclic) bond motifs is 2. The second kappa shape index (κ2) is 17.7. The van der Waals surface area contributed by atoms with Crippen LogP contribution in [0.25, 0.3) is 21.5 Å². The summed E-state index contributed by atoms with van der Waals surface area (Å²) in [5.41, 5.74) is 5.98. The minimum Gasteiger partial charge on any atom is -0.744 e. The summed E-state index contributed by atoms with van der Waals surface area (Å²) >= 11 is 0. The van der Waals surface area contributed by atoms with Gasteiger partial charge in [-0.25, -0.2) is 25.3 Å². The van der Waals surface area contributed by atoms with Gasteiger partial charge in [0.15, 0.2) is 0 Å². The number of phenolic OH excluding ortho intramolecular Hbond substituents is 1. The second-order valence-corrected chi connectivity index (χ2v) is 13.5. The number of hydrogen-bond acceptors (Lipinski definition) is 17. The topological polar surface area (TPSA) is 310 Å². The van der Waals surface area contributed by atoms with Gasteiger partial charge in [0, 0.05) is 40.7 Å². The van der Waals surface area contributed by atoms with Crippen molar-refractivity contribution in [2.45, 2.75) is 14.7 Å². The van der Waals surface area contributed by atoms with Crippen LogP contribution < -0.4 is 62.3 Å². The van der Waals surface area contributed by atoms with E-state index in [1.165, 1.54) is 55.6 Å². The predicted molar refractivity (Wildman–Crippen MR) is 166 cm³/mol. The Balaban J connectivity index is 0.000000505. The van der Waals surface area contributed by atoms with Crippen molar-refractivity contribution in [1.29, 1.82) is 0 Å². The van der Waals surface area contributed by atoms with Crippen molar-refractivity contribution in [2.24, 2.45) is 20.5 Å². The SMILES string of the molecule is CN=Nc1ccc(N=Nc2ccc([N+](=O)[O-])cc2)c2ccc(S(=O)(=O)[O-])cc12.Nc1c(S(=O)(=O)[O-])cc(S(=O)(=O)[O-])c2cccc(O)c12.[Li+].[Li+].[Li+]. The fourth-order valence-corrected chi connectivity index (χ4v) is 6.23. The summed E-state index contributed by atoms with van der Waals surface area (Å²) in [6.45, 7) is 0. The van der Waals surface area contributed by atoms with Crippen molar-refractivity contribution < 1.29 is 106 Å². The van der Waals surface area contributed by atoms with Gasteiger partial charge < -0.3 is 24.5 Å². The van der Waals surface area contributed by atoms with E-state index in [0.717, 1.165) is 12.1 Å². The summed E-state index contributed by atoms with van der Waals surface area (Å²) in [4.78, 5) is 7.78. The molecule has 5 aromatic carbocycles. The van der Waals surface area contributed by atoms with Crippen molar-refractivity contribution in [3.63, 3.8) is 0 Å². The van der Waals surface area contributed by atoms with E-state index < -0.39 is 61.4 Å². The number of rotatable bonds is 7. The van der Waals surface area contributed by atoms with Crippen LogP contribution in [0.15, 0.2) is 114 Å². The Bertz CT molecular complexity index is 2500. The minimum absolute atomic E-state index is 0. The standard InChI is InChI=1S/C17H13N5O5S.C10H9NO7S2.3Li/c1-18-20-17-9-8-16(14-7-6-13(10-15(14)17)28(25,26)27)21-19-11-2-4-12(5-3-11)22(23)24;11-10-8(20(16,17)18)4-7(19(13,14)15)5-2-1-3-6(12)9(5)10;;;/h2-10H,1H3,(H,25,26,27);1-4,12H,11H2,(H,13,14,15)(H,16,17,18);;;/q;;3*+1/p-3. The minimum atomic E-state index is -5.11. The molecule has 5 rings (SSSR count). The molecule has 18 nitrogen and oxygen atoms in total. The fraction of sp³-hybridized carbons (Fsp3) is 0.0370. The molecule has 0 unspecified atom stereocenters. The molecule has 0 aromatic heterocycles. The van der Waals surface area contributed by atoms with E-state index >= 15 is 0 Å². The zero-order valence-electron chi connectivity index (χ0n) is 27.0. The number of nitrogens with two attached hydrogens (primary N) is 1. The number of phenols is 1. The largest absolute Gasteiger partial charge is 1.00 e. The Kier molecular flexibility index (Phi) is 15.8. The van der Waals surface area contributed by atoms with Gasteiger partial charge in [0.2, 0.25) is 0 Å². The zero-order valence-corrected chi connectivity index (χ0v) is 29.4. The number of azo groups is 2. The van der Waals surface area contributed by atoms with Crippen molar-refractivity contribution in [3.05, 3.63) is 89.0 Å². The summed E-state index contributed by atoms with van der Waals surface area (Å²) < 4.78 is 101. The number of nitrogens with zero attached hydrogens (tertiary/aromatic N) is 5. The fourth-order valence-electron chi connectivity index (χ4n) is 4.33. The van der Waals surface area contributed by atoms with E-state index in [2.05, 4.69) is 20.5 Å². The van der Waals surface area contributed by atoms with Crippen molar-refractivity contribution in [1.82, 2.24) is 0 Å². The molecule has 0 saturated carbocycles. The third kappa shape index (κ3) is 10.7. The predicted octanol–water partition coefficient (Wildman–Crippen LogP) is -4.27. The van der Waals surface area contributed by atoms with E-state index in [-0.39, 0.29) is 73.0 Å². The normalized spacial score (nSPS) is 11.7. The number of non-ortho nitro benzene ring substituents is 1. The molecule has 0 saturated heterocycles. The molecule has 0 bridgehead atoms. The maximum absolute atomic E-state index is 11.3. The van der Waals surface area contributed by atoms with E-state index in [9.17, 15) is 54.1 Å². The van der Waals surface area contributed by atoms with Crippen LogP contribution >= 0.6 is 0 Å². The van der Waals surface area contributed by atoms with Crippen LogP contribution in [0.5, 0.6) is 5.75 Å². The molecule has 0 heterocycles. The molecule has 0 aliphatic heterocycles. The number of aromatic hydroxyl groups is 1. The number of benzene rings is 5. The Hall–Kier alpha value is -3.66. The van der Waals surface area contributed by atoms with Crippen LogP contribution in [0.1, 0.15) is 0 Å². The van der Waals surface area contributed by atoms with Crippen molar-refractivity contribution in [2.75, 3.05) is 12.8 Å². The van der Waals surface area contributed by atoms with Crippen LogP contribution in [-0.2, 0) is 30.4 Å². The summed E-state index contributed by atoms with van der Waals surface area (Å²) in [6.07, 6.45) is 0. The summed E-state index contributed by atoms with van der Waals surface area (Å²) in [5, 5.41) is 36.4. The smallest absolute Gasteiger partial charge is 0.744 e. The van der Waals surface area contributed by atoms with Gasteiger partial charge in [0.05, 0.1) is 42.4 Å². The second-order valence-electron chi connectivity index (χ2n) is 9.43. The Morgan fingerprint density at radius 1 is 0.667 bits per heavy atom. The molecular formula is C27H19Li3N6O12S3. The molecule has 24 heteroatoms. The summed E-state index contributed by atoms with van der Waals surface area (Å²) in [5.74, 6) is -0.546. The molecule has 250 valence electrons. The van der Waals surface area contributed by atoms with Crippen molar-refractivity contribution >= 4 is 80.3 Å². The van der Waals surface area contributed by atoms with Gasteiger partial charge in [-0.1, -0.05) is 18.2 Å². The molecule has 3 N–H and O–H groups in total. The van der Waals surface area contributed by atoms with E-state index in [4.69, 9.17) is 5.73 Å². The van der Waals surface area contributed by atoms with Crippen LogP contribution in [0.3, 0.4) is 0 Å². The van der Waals surface area contributed by atoms with E-state index in [1.807, 2.05) is 0 Å². The van der Waals surface area contributed by atoms with Crippen LogP contribution in [-0.4, -0.2) is 56.0 Å². The number of nitro groups is 1. The number of anilines is 1. The Morgan fingerprint density at radius 3 is 1.75 bits per heavy atom. The Labute approximate surface area is 326 Å². The van der Waals surface area contributed by atoms with Gasteiger partial charge in [0.1, 0.15) is 36.1 Å². The molecular weight excluding hydrogens is 717 g/mol. The maximum Gasteiger partial charge on any atom is 1.00 e. The van der Waals surface area contributed by atoms with Crippen LogP contribution in [0.4, 0.5) is 28.4 Å². The number of nitro benzene ring substituents is 1. The molecule has 0 aliphatic carbocycles. The first-order chi connectivity index (χ1) is 22.3. The molecule has 0 atom stereocenters. The van der Waals surface area contributed by atoms with E-state index in [1.54, 1.807) is 12.1 Å². The summed E-state index contributed by atoms with van der Waals surface area (Å²) in [7, 11) is -13.4. The van der Waals surface area contributed by atoms with E-state index in [0.29, 0.717) is 33.9 Å². The van der Waals surface area contributed by atoms with Gasteiger partial charge >= 0.3 is 56.6 Å². The summed E-state index contributed by atoms with van der Waals surface area (Å²) in [6, 6.07) is 16.5. The monoisotopic (exact) mass is 736 g/mol. The molecule has 0 fully saturated rings. The van der Waals surface area contributed by atoms with Crippen LogP contribution in [0, 0.1) is 10.1 Å². The van der Waals surface area contributed by atoms with Gasteiger partial charge in [-0.05, 0) is 48.5 Å². The molecule has 0 spiro atoms. The molecule has 51 heavy (non-hydrogen) atoms. The van der Waals surface area contributed by atoms with Gasteiger partial charge in [-0.2, -0.15) is 15.3 Å². The quantitative estimate of drug-likeness (QED) is 0.0400. The zero-order chi connectivity index (χ0) is 35.6. The Morgan fingerprint density at radius 2 is 1.24 bits per heavy atom. The maximum atomic E-state index is 11.3. The molecule has 5 aromatic rings. The van der Waals surface area contributed by atoms with Gasteiger partial charge in [0.25, 0.3) is 5.69 Å². The van der Waals surface area contributed by atoms with Gasteiger partial charge in [-0.15, -0.1) is 5.11 Å². The first-order valence-electron chi connectivity index (χ1n) is 12.8. The average Bonchev–Trinajstić information content (AvgIpc) is 2.99. The molecule has 0 aliphatic rings. The number of nitrogen functional groups attached to an aromatic ring is 1. The third-order valence-corrected chi connectivity index (χ3v) is 9.00. The molecule has 0 amide bonds. The number of hydrogen-bond donors (Lipinski definition) is 2. The average molecular weight is 737 g/mol.